The first-order valence-corrected chi connectivity index (χ1v) is 8.58. The maximum atomic E-state index is 12.2. The van der Waals surface area contributed by atoms with Crippen LogP contribution in [-0.4, -0.2) is 28.5 Å². The molecule has 1 heterocycles. The van der Waals surface area contributed by atoms with Gasteiger partial charge in [-0.15, -0.1) is 0 Å². The maximum Gasteiger partial charge on any atom is 0.156 e. The summed E-state index contributed by atoms with van der Waals surface area (Å²) in [6.45, 7) is 7.73. The molecule has 0 radical (unpaired) electrons. The Balaban J connectivity index is 2.35. The van der Waals surface area contributed by atoms with E-state index in [1.807, 2.05) is 35.8 Å². The van der Waals surface area contributed by atoms with Crippen molar-refractivity contribution < 1.29 is 8.42 Å². The van der Waals surface area contributed by atoms with Gasteiger partial charge >= 0.3 is 0 Å². The fourth-order valence-electron chi connectivity index (χ4n) is 2.16. The van der Waals surface area contributed by atoms with Gasteiger partial charge in [-0.2, -0.15) is 0 Å². The van der Waals surface area contributed by atoms with Gasteiger partial charge in [0.1, 0.15) is 5.82 Å². The second-order valence-corrected chi connectivity index (χ2v) is 8.82. The highest BCUT2D eigenvalue weighted by Gasteiger charge is 2.28. The summed E-state index contributed by atoms with van der Waals surface area (Å²) in [5.41, 5.74) is 1.94. The van der Waals surface area contributed by atoms with Crippen molar-refractivity contribution in [3.05, 3.63) is 30.1 Å². The molecular weight excluding hydrogens is 272 g/mol. The lowest BCUT2D eigenvalue weighted by atomic mass is 10.3. The van der Waals surface area contributed by atoms with E-state index in [0.29, 0.717) is 6.54 Å². The monoisotopic (exact) mass is 294 g/mol. The zero-order chi connectivity index (χ0) is 15.0. The molecule has 1 aromatic carbocycles. The Labute approximate surface area is 120 Å². The van der Waals surface area contributed by atoms with Crippen molar-refractivity contribution in [3.8, 4) is 0 Å². The standard InChI is InChI=1S/C15H22N2O2S/c1-5-14-16-12-8-6-7-9-13(12)17(14)10-11-20(18,19)15(2,3)4/h6-9H,5,10-11H2,1-4H3. The molecule has 0 spiro atoms. The lowest BCUT2D eigenvalue weighted by Gasteiger charge is -2.19. The van der Waals surface area contributed by atoms with Crippen LogP contribution < -0.4 is 0 Å². The number of para-hydroxylation sites is 2. The van der Waals surface area contributed by atoms with E-state index < -0.39 is 14.6 Å². The van der Waals surface area contributed by atoms with E-state index in [9.17, 15) is 8.42 Å². The molecule has 0 aliphatic rings. The Hall–Kier alpha value is -1.36. The first kappa shape index (κ1) is 15.0. The van der Waals surface area contributed by atoms with Crippen LogP contribution in [0, 0.1) is 0 Å². The second-order valence-electron chi connectivity index (χ2n) is 5.95. The molecule has 0 saturated heterocycles. The van der Waals surface area contributed by atoms with Crippen molar-refractivity contribution in [2.24, 2.45) is 0 Å². The van der Waals surface area contributed by atoms with Gasteiger partial charge in [0.25, 0.3) is 0 Å². The van der Waals surface area contributed by atoms with E-state index in [1.165, 1.54) is 0 Å². The van der Waals surface area contributed by atoms with Crippen molar-refractivity contribution >= 4 is 20.9 Å². The number of hydrogen-bond acceptors (Lipinski definition) is 3. The van der Waals surface area contributed by atoms with Gasteiger partial charge in [-0.25, -0.2) is 13.4 Å². The van der Waals surface area contributed by atoms with E-state index >= 15 is 0 Å². The highest BCUT2D eigenvalue weighted by molar-refractivity contribution is 7.92. The van der Waals surface area contributed by atoms with Crippen LogP contribution in [0.15, 0.2) is 24.3 Å². The zero-order valence-electron chi connectivity index (χ0n) is 12.5. The average molecular weight is 294 g/mol. The third-order valence-electron chi connectivity index (χ3n) is 3.57. The summed E-state index contributed by atoms with van der Waals surface area (Å²) in [5, 5.41) is 0. The van der Waals surface area contributed by atoms with Crippen molar-refractivity contribution in [1.29, 1.82) is 0 Å². The molecule has 20 heavy (non-hydrogen) atoms. The molecular formula is C15H22N2O2S. The molecule has 2 rings (SSSR count). The van der Waals surface area contributed by atoms with E-state index in [2.05, 4.69) is 4.98 Å². The molecule has 5 heteroatoms. The van der Waals surface area contributed by atoms with Gasteiger partial charge in [-0.3, -0.25) is 0 Å². The highest BCUT2D eigenvalue weighted by atomic mass is 32.2. The lowest BCUT2D eigenvalue weighted by molar-refractivity contribution is 0.553. The van der Waals surface area contributed by atoms with Gasteiger partial charge in [0.05, 0.1) is 21.5 Å². The number of fused-ring (bicyclic) bond motifs is 1. The quantitative estimate of drug-likeness (QED) is 0.871. The first-order chi connectivity index (χ1) is 9.26. The second kappa shape index (κ2) is 5.20. The maximum absolute atomic E-state index is 12.2. The summed E-state index contributed by atoms with van der Waals surface area (Å²) in [7, 11) is -3.12. The molecule has 0 bridgehead atoms. The molecule has 0 aliphatic heterocycles. The number of nitrogens with zero attached hydrogens (tertiary/aromatic N) is 2. The van der Waals surface area contributed by atoms with E-state index in [1.54, 1.807) is 20.8 Å². The average Bonchev–Trinajstić information content (AvgIpc) is 2.73. The Morgan fingerprint density at radius 2 is 1.85 bits per heavy atom. The molecule has 110 valence electrons. The minimum Gasteiger partial charge on any atom is -0.327 e. The summed E-state index contributed by atoms with van der Waals surface area (Å²) < 4.78 is 25.8. The van der Waals surface area contributed by atoms with Crippen LogP contribution in [0.25, 0.3) is 11.0 Å². The number of aromatic nitrogens is 2. The zero-order valence-corrected chi connectivity index (χ0v) is 13.4. The highest BCUT2D eigenvalue weighted by Crippen LogP contribution is 2.20. The van der Waals surface area contributed by atoms with Gasteiger partial charge in [-0.1, -0.05) is 19.1 Å². The van der Waals surface area contributed by atoms with Crippen molar-refractivity contribution in [3.63, 3.8) is 0 Å². The van der Waals surface area contributed by atoms with Gasteiger partial charge in [0, 0.05) is 13.0 Å². The van der Waals surface area contributed by atoms with E-state index in [-0.39, 0.29) is 5.75 Å². The lowest BCUT2D eigenvalue weighted by Crippen LogP contribution is -2.32. The summed E-state index contributed by atoms with van der Waals surface area (Å²) in [6, 6.07) is 7.86. The Kier molecular flexibility index (Phi) is 3.91. The Morgan fingerprint density at radius 1 is 1.20 bits per heavy atom. The van der Waals surface area contributed by atoms with Crippen LogP contribution >= 0.6 is 0 Å². The van der Waals surface area contributed by atoms with Crippen molar-refractivity contribution in [1.82, 2.24) is 9.55 Å². The van der Waals surface area contributed by atoms with Gasteiger partial charge in [-0.05, 0) is 32.9 Å². The fraction of sp³-hybridized carbons (Fsp3) is 0.533. The van der Waals surface area contributed by atoms with Crippen molar-refractivity contribution in [2.45, 2.75) is 45.4 Å². The molecule has 0 amide bonds. The Bertz CT molecular complexity index is 709. The Morgan fingerprint density at radius 3 is 2.45 bits per heavy atom. The summed E-state index contributed by atoms with van der Waals surface area (Å²) in [6.07, 6.45) is 0.796. The van der Waals surface area contributed by atoms with Crippen LogP contribution in [0.5, 0.6) is 0 Å². The number of benzene rings is 1. The van der Waals surface area contributed by atoms with Crippen LogP contribution in [0.4, 0.5) is 0 Å². The minimum absolute atomic E-state index is 0.143. The summed E-state index contributed by atoms with van der Waals surface area (Å²) in [5.74, 6) is 1.08. The molecule has 0 aliphatic carbocycles. The number of hydrogen-bond donors (Lipinski definition) is 0. The van der Waals surface area contributed by atoms with Crippen molar-refractivity contribution in [2.75, 3.05) is 5.75 Å². The molecule has 0 saturated carbocycles. The van der Waals surface area contributed by atoms with E-state index in [4.69, 9.17) is 0 Å². The first-order valence-electron chi connectivity index (χ1n) is 6.92. The van der Waals surface area contributed by atoms with Crippen LogP contribution in [0.2, 0.25) is 0 Å². The summed E-state index contributed by atoms with van der Waals surface area (Å²) >= 11 is 0. The SMILES string of the molecule is CCc1nc2ccccc2n1CCS(=O)(=O)C(C)(C)C. The fourth-order valence-corrected chi connectivity index (χ4v) is 3.20. The number of aryl methyl sites for hydroxylation is 2. The predicted molar refractivity (Wildman–Crippen MR) is 82.7 cm³/mol. The number of rotatable bonds is 4. The third-order valence-corrected chi connectivity index (χ3v) is 6.15. The third kappa shape index (κ3) is 2.73. The largest absolute Gasteiger partial charge is 0.327 e. The van der Waals surface area contributed by atoms with Crippen LogP contribution in [0.3, 0.4) is 0 Å². The topological polar surface area (TPSA) is 52.0 Å². The van der Waals surface area contributed by atoms with E-state index in [0.717, 1.165) is 23.3 Å². The number of sulfone groups is 1. The van der Waals surface area contributed by atoms with Crippen LogP contribution in [0.1, 0.15) is 33.5 Å². The minimum atomic E-state index is -3.12. The van der Waals surface area contributed by atoms with Gasteiger partial charge < -0.3 is 4.57 Å². The molecule has 2 aromatic rings. The van der Waals surface area contributed by atoms with Crippen LogP contribution in [-0.2, 0) is 22.8 Å². The normalized spacial score (nSPS) is 13.0. The smallest absolute Gasteiger partial charge is 0.156 e. The molecule has 0 unspecified atom stereocenters. The molecule has 0 N–H and O–H groups in total. The van der Waals surface area contributed by atoms with Gasteiger partial charge in [0.15, 0.2) is 9.84 Å². The molecule has 0 atom stereocenters. The van der Waals surface area contributed by atoms with Gasteiger partial charge in [0.2, 0.25) is 0 Å². The molecule has 4 nitrogen and oxygen atoms in total. The summed E-state index contributed by atoms with van der Waals surface area (Å²) in [4.78, 5) is 4.56. The molecule has 1 aromatic heterocycles. The number of imidazole rings is 1. The predicted octanol–water partition coefficient (Wildman–Crippen LogP) is 2.81. The molecule has 0 fully saturated rings.